The van der Waals surface area contributed by atoms with Gasteiger partial charge in [0, 0.05) is 23.4 Å². The number of aromatic nitrogens is 2. The van der Waals surface area contributed by atoms with Crippen molar-refractivity contribution in [1.29, 1.82) is 0 Å². The number of carbonyl (C=O) groups excluding carboxylic acids is 1. The summed E-state index contributed by atoms with van der Waals surface area (Å²) in [5, 5.41) is 3.59. The largest absolute Gasteiger partial charge is 0.326 e. The molecule has 1 aliphatic carbocycles. The number of aromatic amines is 1. The van der Waals surface area contributed by atoms with E-state index >= 15 is 0 Å². The smallest absolute Gasteiger partial charge is 0.259 e. The molecule has 1 aliphatic rings. The highest BCUT2D eigenvalue weighted by Gasteiger charge is 2.21. The molecule has 1 amide bonds. The third kappa shape index (κ3) is 2.85. The van der Waals surface area contributed by atoms with E-state index in [-0.39, 0.29) is 17.9 Å². The van der Waals surface area contributed by atoms with Crippen LogP contribution in [0.15, 0.2) is 35.1 Å². The van der Waals surface area contributed by atoms with E-state index in [1.165, 1.54) is 10.4 Å². The number of H-pyrrole nitrogens is 1. The quantitative estimate of drug-likeness (QED) is 0.767. The van der Waals surface area contributed by atoms with Gasteiger partial charge in [-0.3, -0.25) is 9.59 Å². The lowest BCUT2D eigenvalue weighted by molar-refractivity contribution is -0.116. The SMILES string of the molecule is O=C(CCc1nc2sc3c(c2c(=O)[nH]1)CCC3)Nc1ccccc1. The number of thiophene rings is 1. The van der Waals surface area contributed by atoms with Crippen LogP contribution in [-0.4, -0.2) is 15.9 Å². The minimum Gasteiger partial charge on any atom is -0.326 e. The molecule has 2 N–H and O–H groups in total. The van der Waals surface area contributed by atoms with Crippen molar-refractivity contribution in [3.8, 4) is 0 Å². The molecule has 0 aliphatic heterocycles. The predicted octanol–water partition coefficient (Wildman–Crippen LogP) is 3.04. The van der Waals surface area contributed by atoms with Crippen LogP contribution in [-0.2, 0) is 24.1 Å². The molecular weight excluding hydrogens is 322 g/mol. The summed E-state index contributed by atoms with van der Waals surface area (Å²) in [6.45, 7) is 0. The highest BCUT2D eigenvalue weighted by molar-refractivity contribution is 7.18. The molecule has 0 saturated carbocycles. The third-order valence-electron chi connectivity index (χ3n) is 4.27. The van der Waals surface area contributed by atoms with E-state index in [2.05, 4.69) is 15.3 Å². The Kier molecular flexibility index (Phi) is 3.90. The molecule has 0 unspecified atom stereocenters. The molecule has 4 rings (SSSR count). The van der Waals surface area contributed by atoms with Crippen LogP contribution in [0.2, 0.25) is 0 Å². The minimum absolute atomic E-state index is 0.0714. The van der Waals surface area contributed by atoms with Gasteiger partial charge < -0.3 is 10.3 Å². The van der Waals surface area contributed by atoms with Crippen molar-refractivity contribution in [3.05, 3.63) is 57.0 Å². The first-order valence-corrected chi connectivity index (χ1v) is 8.91. The summed E-state index contributed by atoms with van der Waals surface area (Å²) in [7, 11) is 0. The number of para-hydroxylation sites is 1. The predicted molar refractivity (Wildman–Crippen MR) is 95.7 cm³/mol. The summed E-state index contributed by atoms with van der Waals surface area (Å²) < 4.78 is 0. The van der Waals surface area contributed by atoms with Crippen LogP contribution in [0.25, 0.3) is 10.2 Å². The van der Waals surface area contributed by atoms with Gasteiger partial charge in [0.05, 0.1) is 5.39 Å². The first-order valence-electron chi connectivity index (χ1n) is 8.09. The van der Waals surface area contributed by atoms with E-state index in [0.717, 1.165) is 35.2 Å². The Hall–Kier alpha value is -2.47. The summed E-state index contributed by atoms with van der Waals surface area (Å²) in [5.74, 6) is 0.494. The van der Waals surface area contributed by atoms with Crippen LogP contribution in [0.4, 0.5) is 5.69 Å². The number of rotatable bonds is 4. The fourth-order valence-corrected chi connectivity index (χ4v) is 4.42. The topological polar surface area (TPSA) is 74.8 Å². The number of nitrogens with zero attached hydrogens (tertiary/aromatic N) is 1. The molecule has 3 aromatic rings. The molecule has 0 fully saturated rings. The van der Waals surface area contributed by atoms with Crippen molar-refractivity contribution in [2.45, 2.75) is 32.1 Å². The van der Waals surface area contributed by atoms with Crippen LogP contribution in [0.5, 0.6) is 0 Å². The number of hydrogen-bond acceptors (Lipinski definition) is 4. The first kappa shape index (κ1) is 15.1. The van der Waals surface area contributed by atoms with E-state index < -0.39 is 0 Å². The van der Waals surface area contributed by atoms with Gasteiger partial charge >= 0.3 is 0 Å². The number of nitrogens with one attached hydrogen (secondary N) is 2. The van der Waals surface area contributed by atoms with Crippen molar-refractivity contribution in [1.82, 2.24) is 9.97 Å². The number of aryl methyl sites for hydroxylation is 3. The molecule has 0 saturated heterocycles. The fraction of sp³-hybridized carbons (Fsp3) is 0.278. The van der Waals surface area contributed by atoms with Crippen LogP contribution in [0.3, 0.4) is 0 Å². The summed E-state index contributed by atoms with van der Waals surface area (Å²) in [4.78, 5) is 33.9. The zero-order chi connectivity index (χ0) is 16.5. The minimum atomic E-state index is -0.0855. The first-order chi connectivity index (χ1) is 11.7. The Morgan fingerprint density at radius 3 is 2.92 bits per heavy atom. The summed E-state index contributed by atoms with van der Waals surface area (Å²) in [6, 6.07) is 9.34. The Morgan fingerprint density at radius 2 is 2.08 bits per heavy atom. The Bertz CT molecular complexity index is 960. The fourth-order valence-electron chi connectivity index (χ4n) is 3.14. The average molecular weight is 339 g/mol. The molecule has 122 valence electrons. The van der Waals surface area contributed by atoms with Gasteiger partial charge in [-0.1, -0.05) is 18.2 Å². The lowest BCUT2D eigenvalue weighted by atomic mass is 10.2. The van der Waals surface area contributed by atoms with Gasteiger partial charge in [-0.25, -0.2) is 4.98 Å². The molecule has 0 radical (unpaired) electrons. The van der Waals surface area contributed by atoms with E-state index in [1.807, 2.05) is 30.3 Å². The highest BCUT2D eigenvalue weighted by atomic mass is 32.1. The van der Waals surface area contributed by atoms with E-state index in [1.54, 1.807) is 11.3 Å². The second kappa shape index (κ2) is 6.20. The number of fused-ring (bicyclic) bond motifs is 3. The van der Waals surface area contributed by atoms with Gasteiger partial charge in [0.15, 0.2) is 0 Å². The van der Waals surface area contributed by atoms with Crippen molar-refractivity contribution >= 4 is 33.1 Å². The molecule has 0 atom stereocenters. The number of hydrogen-bond donors (Lipinski definition) is 2. The van der Waals surface area contributed by atoms with Crippen molar-refractivity contribution in [2.24, 2.45) is 0 Å². The summed E-state index contributed by atoms with van der Waals surface area (Å²) in [5.41, 5.74) is 1.88. The maximum absolute atomic E-state index is 12.4. The standard InChI is InChI=1S/C18H17N3O2S/c22-15(19-11-5-2-1-3-6-11)10-9-14-20-17(23)16-12-7-4-8-13(12)24-18(16)21-14/h1-3,5-6H,4,7-10H2,(H,19,22)(H,20,21,23). The maximum atomic E-state index is 12.4. The van der Waals surface area contributed by atoms with Gasteiger partial charge in [0.25, 0.3) is 5.56 Å². The Labute approximate surface area is 142 Å². The van der Waals surface area contributed by atoms with Crippen LogP contribution >= 0.6 is 11.3 Å². The van der Waals surface area contributed by atoms with Crippen molar-refractivity contribution in [3.63, 3.8) is 0 Å². The van der Waals surface area contributed by atoms with Gasteiger partial charge in [-0.05, 0) is 37.0 Å². The molecule has 2 heterocycles. The molecule has 0 spiro atoms. The van der Waals surface area contributed by atoms with Gasteiger partial charge in [-0.2, -0.15) is 0 Å². The zero-order valence-electron chi connectivity index (χ0n) is 13.1. The summed E-state index contributed by atoms with van der Waals surface area (Å²) in [6.07, 6.45) is 3.85. The van der Waals surface area contributed by atoms with E-state index in [9.17, 15) is 9.59 Å². The Balaban J connectivity index is 1.49. The van der Waals surface area contributed by atoms with Crippen LogP contribution < -0.4 is 10.9 Å². The zero-order valence-corrected chi connectivity index (χ0v) is 13.9. The lowest BCUT2D eigenvalue weighted by Crippen LogP contribution is -2.16. The van der Waals surface area contributed by atoms with Gasteiger partial charge in [-0.15, -0.1) is 11.3 Å². The number of carbonyl (C=O) groups is 1. The lowest BCUT2D eigenvalue weighted by Gasteiger charge is -2.05. The van der Waals surface area contributed by atoms with Gasteiger partial charge in [0.2, 0.25) is 5.91 Å². The van der Waals surface area contributed by atoms with Crippen LogP contribution in [0, 0.1) is 0 Å². The average Bonchev–Trinajstić information content (AvgIpc) is 3.14. The number of anilines is 1. The molecule has 2 aromatic heterocycles. The molecule has 0 bridgehead atoms. The third-order valence-corrected chi connectivity index (χ3v) is 5.46. The molecular formula is C18H17N3O2S. The van der Waals surface area contributed by atoms with Gasteiger partial charge in [0.1, 0.15) is 10.7 Å². The van der Waals surface area contributed by atoms with Crippen molar-refractivity contribution in [2.75, 3.05) is 5.32 Å². The van der Waals surface area contributed by atoms with Crippen LogP contribution in [0.1, 0.15) is 29.1 Å². The molecule has 24 heavy (non-hydrogen) atoms. The van der Waals surface area contributed by atoms with E-state index in [4.69, 9.17) is 0 Å². The normalized spacial score (nSPS) is 13.2. The number of amides is 1. The maximum Gasteiger partial charge on any atom is 0.259 e. The molecule has 1 aromatic carbocycles. The molecule has 6 heteroatoms. The van der Waals surface area contributed by atoms with Crippen molar-refractivity contribution < 1.29 is 4.79 Å². The second-order valence-corrected chi connectivity index (χ2v) is 7.05. The Morgan fingerprint density at radius 1 is 1.25 bits per heavy atom. The van der Waals surface area contributed by atoms with E-state index in [0.29, 0.717) is 12.2 Å². The monoisotopic (exact) mass is 339 g/mol. The number of benzene rings is 1. The summed E-state index contributed by atoms with van der Waals surface area (Å²) >= 11 is 1.62. The highest BCUT2D eigenvalue weighted by Crippen LogP contribution is 2.34. The molecule has 5 nitrogen and oxygen atoms in total. The second-order valence-electron chi connectivity index (χ2n) is 5.96.